The molecule has 0 radical (unpaired) electrons. The van der Waals surface area contributed by atoms with Gasteiger partial charge in [0.2, 0.25) is 0 Å². The average molecular weight is 306 g/mol. The molecule has 1 N–H and O–H groups in total. The van der Waals surface area contributed by atoms with Gasteiger partial charge in [-0.3, -0.25) is 0 Å². The number of halogens is 1. The summed E-state index contributed by atoms with van der Waals surface area (Å²) in [6, 6.07) is 12.9. The number of hydrogen-bond donors (Lipinski definition) is 1. The molecule has 0 saturated carbocycles. The van der Waals surface area contributed by atoms with E-state index in [0.717, 1.165) is 11.3 Å². The van der Waals surface area contributed by atoms with Crippen molar-refractivity contribution in [3.63, 3.8) is 0 Å². The lowest BCUT2D eigenvalue weighted by molar-refractivity contribution is 0.217. The third-order valence-corrected chi connectivity index (χ3v) is 3.00. The fourth-order valence-electron chi connectivity index (χ4n) is 1.83. The van der Waals surface area contributed by atoms with E-state index in [2.05, 4.69) is 5.16 Å². The predicted molar refractivity (Wildman–Crippen MR) is 83.0 cm³/mol. The molecule has 4 nitrogen and oxygen atoms in total. The smallest absolute Gasteiger partial charge is 0.128 e. The maximum absolute atomic E-state index is 8.63. The van der Waals surface area contributed by atoms with Crippen LogP contribution in [-0.4, -0.2) is 24.6 Å². The van der Waals surface area contributed by atoms with Gasteiger partial charge >= 0.3 is 0 Å². The summed E-state index contributed by atoms with van der Waals surface area (Å²) >= 11 is 5.89. The van der Waals surface area contributed by atoms with Crippen molar-refractivity contribution in [2.75, 3.05) is 13.2 Å². The fraction of sp³-hybridized carbons (Fsp3) is 0.188. The number of hydrogen-bond acceptors (Lipinski definition) is 4. The predicted octanol–water partition coefficient (Wildman–Crippen LogP) is 3.91. The molecule has 0 aliphatic carbocycles. The van der Waals surface area contributed by atoms with Crippen LogP contribution in [0, 0.1) is 6.92 Å². The van der Waals surface area contributed by atoms with Crippen LogP contribution in [-0.2, 0) is 0 Å². The average Bonchev–Trinajstić information content (AvgIpc) is 2.46. The largest absolute Gasteiger partial charge is 0.490 e. The van der Waals surface area contributed by atoms with E-state index < -0.39 is 0 Å². The van der Waals surface area contributed by atoms with Crippen LogP contribution < -0.4 is 9.47 Å². The first-order valence-electron chi connectivity index (χ1n) is 6.48. The summed E-state index contributed by atoms with van der Waals surface area (Å²) in [6.07, 6.45) is 1.28. The zero-order valence-corrected chi connectivity index (χ0v) is 12.4. The molecule has 0 heterocycles. The highest BCUT2D eigenvalue weighted by molar-refractivity contribution is 6.30. The first-order chi connectivity index (χ1) is 10.2. The molecule has 2 aromatic rings. The number of nitrogens with zero attached hydrogens (tertiary/aromatic N) is 1. The minimum absolute atomic E-state index is 0.377. The Balaban J connectivity index is 1.89. The molecule has 110 valence electrons. The standard InChI is InChI=1S/C16H16ClNO3/c1-12-3-2-4-15(9-12)20-7-8-21-16-6-5-14(17)10-13(16)11-18-19/h2-6,9-11,19H,7-8H2,1H3/b18-11+. The molecule has 2 aromatic carbocycles. The van der Waals surface area contributed by atoms with Gasteiger partial charge in [0.25, 0.3) is 0 Å². The molecule has 21 heavy (non-hydrogen) atoms. The molecule has 2 rings (SSSR count). The Bertz CT molecular complexity index is 629. The van der Waals surface area contributed by atoms with Gasteiger partial charge < -0.3 is 14.7 Å². The van der Waals surface area contributed by atoms with E-state index in [1.165, 1.54) is 6.21 Å². The lowest BCUT2D eigenvalue weighted by atomic mass is 10.2. The van der Waals surface area contributed by atoms with Crippen molar-refractivity contribution in [2.45, 2.75) is 6.92 Å². The van der Waals surface area contributed by atoms with Crippen molar-refractivity contribution in [3.05, 3.63) is 58.6 Å². The lowest BCUT2D eigenvalue weighted by Crippen LogP contribution is -2.10. The van der Waals surface area contributed by atoms with E-state index >= 15 is 0 Å². The fourth-order valence-corrected chi connectivity index (χ4v) is 2.01. The molecular formula is C16H16ClNO3. The third kappa shape index (κ3) is 4.68. The van der Waals surface area contributed by atoms with Crippen LogP contribution >= 0.6 is 11.6 Å². The van der Waals surface area contributed by atoms with Gasteiger partial charge in [-0.1, -0.05) is 28.9 Å². The molecule has 0 atom stereocenters. The summed E-state index contributed by atoms with van der Waals surface area (Å²) in [7, 11) is 0. The van der Waals surface area contributed by atoms with Crippen molar-refractivity contribution in [1.29, 1.82) is 0 Å². The highest BCUT2D eigenvalue weighted by atomic mass is 35.5. The van der Waals surface area contributed by atoms with Crippen molar-refractivity contribution >= 4 is 17.8 Å². The van der Waals surface area contributed by atoms with Crippen LogP contribution in [0.25, 0.3) is 0 Å². The molecule has 5 heteroatoms. The Labute approximate surface area is 128 Å². The second kappa shape index (κ2) is 7.55. The summed E-state index contributed by atoms with van der Waals surface area (Å²) in [5, 5.41) is 12.2. The number of oxime groups is 1. The monoisotopic (exact) mass is 305 g/mol. The van der Waals surface area contributed by atoms with Crippen molar-refractivity contribution in [3.8, 4) is 11.5 Å². The van der Waals surface area contributed by atoms with E-state index in [1.807, 2.05) is 31.2 Å². The van der Waals surface area contributed by atoms with Crippen molar-refractivity contribution in [1.82, 2.24) is 0 Å². The molecule has 0 aliphatic rings. The van der Waals surface area contributed by atoms with Crippen LogP contribution in [0.2, 0.25) is 5.02 Å². The maximum atomic E-state index is 8.63. The summed E-state index contributed by atoms with van der Waals surface area (Å²) in [6.45, 7) is 2.81. The zero-order valence-electron chi connectivity index (χ0n) is 11.6. The van der Waals surface area contributed by atoms with Gasteiger partial charge in [0, 0.05) is 10.6 Å². The second-order valence-corrected chi connectivity index (χ2v) is 4.88. The van der Waals surface area contributed by atoms with Crippen molar-refractivity contribution in [2.24, 2.45) is 5.16 Å². The summed E-state index contributed by atoms with van der Waals surface area (Å²) in [5.41, 5.74) is 1.76. The number of rotatable bonds is 6. The Morgan fingerprint density at radius 2 is 1.95 bits per heavy atom. The Morgan fingerprint density at radius 1 is 1.14 bits per heavy atom. The molecule has 0 fully saturated rings. The highest BCUT2D eigenvalue weighted by Gasteiger charge is 2.03. The summed E-state index contributed by atoms with van der Waals surface area (Å²) in [5.74, 6) is 1.40. The van der Waals surface area contributed by atoms with Gasteiger partial charge in [0.1, 0.15) is 24.7 Å². The topological polar surface area (TPSA) is 51.0 Å². The van der Waals surface area contributed by atoms with Crippen LogP contribution in [0.5, 0.6) is 11.5 Å². The van der Waals surface area contributed by atoms with Gasteiger partial charge in [-0.05, 0) is 42.8 Å². The number of aryl methyl sites for hydroxylation is 1. The molecule has 0 aliphatic heterocycles. The minimum atomic E-state index is 0.377. The lowest BCUT2D eigenvalue weighted by Gasteiger charge is -2.10. The van der Waals surface area contributed by atoms with Gasteiger partial charge in [0.05, 0.1) is 6.21 Å². The maximum Gasteiger partial charge on any atom is 0.128 e. The molecule has 0 aromatic heterocycles. The molecule has 0 saturated heterocycles. The molecule has 0 bridgehead atoms. The van der Waals surface area contributed by atoms with Crippen LogP contribution in [0.4, 0.5) is 0 Å². The summed E-state index contributed by atoms with van der Waals surface area (Å²) < 4.78 is 11.2. The van der Waals surface area contributed by atoms with Crippen LogP contribution in [0.1, 0.15) is 11.1 Å². The SMILES string of the molecule is Cc1cccc(OCCOc2ccc(Cl)cc2/C=N/O)c1. The van der Waals surface area contributed by atoms with E-state index in [4.69, 9.17) is 26.3 Å². The van der Waals surface area contributed by atoms with Gasteiger partial charge in [-0.2, -0.15) is 0 Å². The first kappa shape index (κ1) is 15.2. The van der Waals surface area contributed by atoms with E-state index in [0.29, 0.717) is 29.5 Å². The van der Waals surface area contributed by atoms with Crippen LogP contribution in [0.15, 0.2) is 47.6 Å². The first-order valence-corrected chi connectivity index (χ1v) is 6.86. The Kier molecular flexibility index (Phi) is 5.46. The van der Waals surface area contributed by atoms with E-state index in [-0.39, 0.29) is 0 Å². The molecular weight excluding hydrogens is 290 g/mol. The number of benzene rings is 2. The molecule has 0 unspecified atom stereocenters. The molecule has 0 amide bonds. The normalized spacial score (nSPS) is 10.8. The Morgan fingerprint density at radius 3 is 2.71 bits per heavy atom. The highest BCUT2D eigenvalue weighted by Crippen LogP contribution is 2.21. The second-order valence-electron chi connectivity index (χ2n) is 4.44. The quantitative estimate of drug-likeness (QED) is 0.381. The van der Waals surface area contributed by atoms with Crippen LogP contribution in [0.3, 0.4) is 0 Å². The van der Waals surface area contributed by atoms with Gasteiger partial charge in [-0.15, -0.1) is 0 Å². The summed E-state index contributed by atoms with van der Waals surface area (Å²) in [4.78, 5) is 0. The Hall–Kier alpha value is -2.20. The molecule has 0 spiro atoms. The van der Waals surface area contributed by atoms with Gasteiger partial charge in [-0.25, -0.2) is 0 Å². The number of ether oxygens (including phenoxy) is 2. The van der Waals surface area contributed by atoms with E-state index in [1.54, 1.807) is 18.2 Å². The van der Waals surface area contributed by atoms with Gasteiger partial charge in [0.15, 0.2) is 0 Å². The van der Waals surface area contributed by atoms with E-state index in [9.17, 15) is 0 Å². The third-order valence-electron chi connectivity index (χ3n) is 2.77. The van der Waals surface area contributed by atoms with Crippen molar-refractivity contribution < 1.29 is 14.7 Å². The minimum Gasteiger partial charge on any atom is -0.490 e. The zero-order chi connectivity index (χ0) is 15.1.